The van der Waals surface area contributed by atoms with E-state index in [1.54, 1.807) is 6.07 Å². The molecule has 7 nitrogen and oxygen atoms in total. The third kappa shape index (κ3) is 3.85. The van der Waals surface area contributed by atoms with Crippen LogP contribution in [0.2, 0.25) is 0 Å². The Balaban J connectivity index is 2.33. The van der Waals surface area contributed by atoms with E-state index in [-0.39, 0.29) is 31.2 Å². The Kier molecular flexibility index (Phi) is 5.30. The van der Waals surface area contributed by atoms with Crippen molar-refractivity contribution in [2.45, 2.75) is 17.9 Å². The van der Waals surface area contributed by atoms with Gasteiger partial charge in [0, 0.05) is 13.1 Å². The molecule has 0 radical (unpaired) electrons. The summed E-state index contributed by atoms with van der Waals surface area (Å²) in [6, 6.07) is 4.58. The van der Waals surface area contributed by atoms with Gasteiger partial charge in [0.05, 0.1) is 23.7 Å². The van der Waals surface area contributed by atoms with E-state index >= 15 is 0 Å². The van der Waals surface area contributed by atoms with Crippen molar-refractivity contribution in [1.82, 2.24) is 4.31 Å². The molecule has 1 saturated heterocycles. The van der Waals surface area contributed by atoms with Gasteiger partial charge in [-0.05, 0) is 25.1 Å². The number of ether oxygens (including phenoxy) is 2. The Morgan fingerprint density at radius 1 is 1.43 bits per heavy atom. The summed E-state index contributed by atoms with van der Waals surface area (Å²) < 4.78 is 49.8. The number of morpholine rings is 1. The average Bonchev–Trinajstić information content (AvgIpc) is 2.55. The number of hydrogen-bond donors (Lipinski definition) is 0. The van der Waals surface area contributed by atoms with Crippen molar-refractivity contribution < 1.29 is 27.1 Å². The predicted octanol–water partition coefficient (Wildman–Crippen LogP) is 0.915. The summed E-state index contributed by atoms with van der Waals surface area (Å²) in [5.41, 5.74) is -0.526. The highest BCUT2D eigenvalue weighted by Crippen LogP contribution is 2.21. The highest BCUT2D eigenvalue weighted by atomic mass is 32.2. The van der Waals surface area contributed by atoms with Crippen LogP contribution >= 0.6 is 0 Å². The molecule has 0 unspecified atom stereocenters. The van der Waals surface area contributed by atoms with Crippen LogP contribution in [-0.2, 0) is 19.5 Å². The molecule has 0 aromatic heterocycles. The lowest BCUT2D eigenvalue weighted by Crippen LogP contribution is -2.40. The molecular weight excluding hydrogens is 327 g/mol. The van der Waals surface area contributed by atoms with Crippen molar-refractivity contribution in [3.8, 4) is 6.07 Å². The maximum absolute atomic E-state index is 13.8. The fraction of sp³-hybridized carbons (Fsp3) is 0.429. The topological polar surface area (TPSA) is 96.7 Å². The van der Waals surface area contributed by atoms with E-state index in [1.165, 1.54) is 11.2 Å². The summed E-state index contributed by atoms with van der Waals surface area (Å²) in [6.07, 6.45) is -1.07. The quantitative estimate of drug-likeness (QED) is 0.755. The predicted molar refractivity (Wildman–Crippen MR) is 76.5 cm³/mol. The van der Waals surface area contributed by atoms with Crippen molar-refractivity contribution >= 4 is 16.0 Å². The normalized spacial score (nSPS) is 17.3. The summed E-state index contributed by atoms with van der Waals surface area (Å²) >= 11 is 0. The molecule has 0 aliphatic carbocycles. The fourth-order valence-corrected chi connectivity index (χ4v) is 3.44. The van der Waals surface area contributed by atoms with Gasteiger partial charge in [0.2, 0.25) is 10.0 Å². The number of nitriles is 1. The molecule has 0 saturated carbocycles. The van der Waals surface area contributed by atoms with Gasteiger partial charge < -0.3 is 9.47 Å². The molecular formula is C14H15FN2O5S. The van der Waals surface area contributed by atoms with Gasteiger partial charge in [-0.2, -0.15) is 9.57 Å². The lowest BCUT2D eigenvalue weighted by atomic mass is 10.2. The maximum atomic E-state index is 13.8. The molecule has 0 N–H and O–H groups in total. The number of rotatable bonds is 4. The van der Waals surface area contributed by atoms with Gasteiger partial charge >= 0.3 is 5.97 Å². The van der Waals surface area contributed by atoms with Crippen molar-refractivity contribution in [3.63, 3.8) is 0 Å². The number of carbonyl (C=O) groups is 1. The Morgan fingerprint density at radius 3 is 2.70 bits per heavy atom. The maximum Gasteiger partial charge on any atom is 0.342 e. The number of hydrogen-bond acceptors (Lipinski definition) is 6. The van der Waals surface area contributed by atoms with Gasteiger partial charge in [-0.15, -0.1) is 0 Å². The Morgan fingerprint density at radius 2 is 2.09 bits per heavy atom. The van der Waals surface area contributed by atoms with Crippen LogP contribution in [-0.4, -0.2) is 51.1 Å². The Hall–Kier alpha value is -2.02. The largest absolute Gasteiger partial charge is 0.444 e. The van der Waals surface area contributed by atoms with Gasteiger partial charge in [0.1, 0.15) is 11.9 Å². The van der Waals surface area contributed by atoms with Crippen LogP contribution in [0.1, 0.15) is 17.3 Å². The number of halogens is 1. The van der Waals surface area contributed by atoms with Crippen LogP contribution in [0.25, 0.3) is 0 Å². The number of esters is 1. The molecule has 1 heterocycles. The molecule has 9 heteroatoms. The second-order valence-electron chi connectivity index (χ2n) is 4.83. The van der Waals surface area contributed by atoms with E-state index in [2.05, 4.69) is 0 Å². The standard InChI is InChI=1S/C14H15FN2O5S/c1-10(9-16)22-14(18)12-8-11(2-3-13(12)15)23(19,20)17-4-6-21-7-5-17/h2-3,8,10H,4-7H2,1H3/t10-/m1/s1. The van der Waals surface area contributed by atoms with Crippen LogP contribution < -0.4 is 0 Å². The average molecular weight is 342 g/mol. The SMILES string of the molecule is C[C@H](C#N)OC(=O)c1cc(S(=O)(=O)N2CCOCC2)ccc1F. The van der Waals surface area contributed by atoms with E-state index < -0.39 is 33.5 Å². The Labute approximate surface area is 133 Å². The number of carbonyl (C=O) groups excluding carboxylic acids is 1. The Bertz CT molecular complexity index is 738. The monoisotopic (exact) mass is 342 g/mol. The molecule has 23 heavy (non-hydrogen) atoms. The van der Waals surface area contributed by atoms with Crippen molar-refractivity contribution in [3.05, 3.63) is 29.6 Å². The van der Waals surface area contributed by atoms with Gasteiger partial charge in [0.15, 0.2) is 6.10 Å². The molecule has 0 bridgehead atoms. The second kappa shape index (κ2) is 7.04. The zero-order valence-electron chi connectivity index (χ0n) is 12.4. The third-order valence-corrected chi connectivity index (χ3v) is 5.13. The minimum Gasteiger partial charge on any atom is -0.444 e. The zero-order valence-corrected chi connectivity index (χ0v) is 13.2. The van der Waals surface area contributed by atoms with Gasteiger partial charge in [-0.25, -0.2) is 17.6 Å². The van der Waals surface area contributed by atoms with Crippen molar-refractivity contribution in [2.24, 2.45) is 0 Å². The molecule has 1 aliphatic heterocycles. The van der Waals surface area contributed by atoms with E-state index in [1.807, 2.05) is 0 Å². The molecule has 1 fully saturated rings. The number of sulfonamides is 1. The summed E-state index contributed by atoms with van der Waals surface area (Å²) in [5.74, 6) is -2.00. The molecule has 0 spiro atoms. The van der Waals surface area contributed by atoms with E-state index in [0.29, 0.717) is 0 Å². The third-order valence-electron chi connectivity index (χ3n) is 3.23. The second-order valence-corrected chi connectivity index (χ2v) is 6.77. The van der Waals surface area contributed by atoms with E-state index in [0.717, 1.165) is 18.2 Å². The first-order valence-electron chi connectivity index (χ1n) is 6.84. The van der Waals surface area contributed by atoms with Crippen LogP contribution in [0.5, 0.6) is 0 Å². The molecule has 0 amide bonds. The van der Waals surface area contributed by atoms with Crippen LogP contribution in [0.15, 0.2) is 23.1 Å². The molecule has 2 rings (SSSR count). The van der Waals surface area contributed by atoms with Crippen molar-refractivity contribution in [2.75, 3.05) is 26.3 Å². The van der Waals surface area contributed by atoms with Crippen LogP contribution in [0.4, 0.5) is 4.39 Å². The lowest BCUT2D eigenvalue weighted by Gasteiger charge is -2.26. The smallest absolute Gasteiger partial charge is 0.342 e. The van der Waals surface area contributed by atoms with Gasteiger partial charge in [0.25, 0.3) is 0 Å². The fourth-order valence-electron chi connectivity index (χ4n) is 2.01. The highest BCUT2D eigenvalue weighted by molar-refractivity contribution is 7.89. The van der Waals surface area contributed by atoms with Crippen LogP contribution in [0, 0.1) is 17.1 Å². The molecule has 124 valence electrons. The summed E-state index contributed by atoms with van der Waals surface area (Å²) in [7, 11) is -3.85. The minimum atomic E-state index is -3.85. The van der Waals surface area contributed by atoms with Gasteiger partial charge in [-0.1, -0.05) is 0 Å². The first-order chi connectivity index (χ1) is 10.9. The summed E-state index contributed by atoms with van der Waals surface area (Å²) in [4.78, 5) is 11.6. The number of nitrogens with zero attached hydrogens (tertiary/aromatic N) is 2. The first-order valence-corrected chi connectivity index (χ1v) is 8.28. The van der Waals surface area contributed by atoms with E-state index in [4.69, 9.17) is 14.7 Å². The molecule has 1 aromatic carbocycles. The first kappa shape index (κ1) is 17.3. The highest BCUT2D eigenvalue weighted by Gasteiger charge is 2.28. The lowest BCUT2D eigenvalue weighted by molar-refractivity contribution is 0.0429. The molecule has 1 aromatic rings. The van der Waals surface area contributed by atoms with Gasteiger partial charge in [-0.3, -0.25) is 0 Å². The van der Waals surface area contributed by atoms with Crippen LogP contribution in [0.3, 0.4) is 0 Å². The van der Waals surface area contributed by atoms with E-state index in [9.17, 15) is 17.6 Å². The van der Waals surface area contributed by atoms with Crippen molar-refractivity contribution in [1.29, 1.82) is 5.26 Å². The summed E-state index contributed by atoms with van der Waals surface area (Å²) in [6.45, 7) is 2.24. The zero-order chi connectivity index (χ0) is 17.0. The minimum absolute atomic E-state index is 0.185. The number of benzene rings is 1. The molecule has 1 aliphatic rings. The molecule has 1 atom stereocenters. The summed E-state index contributed by atoms with van der Waals surface area (Å²) in [5, 5.41) is 8.62.